The van der Waals surface area contributed by atoms with Crippen LogP contribution in [0.2, 0.25) is 0 Å². The number of hydrogen-bond donors (Lipinski definition) is 2. The van der Waals surface area contributed by atoms with Crippen molar-refractivity contribution < 1.29 is 0 Å². The Morgan fingerprint density at radius 2 is 1.62 bits per heavy atom. The highest BCUT2D eigenvalue weighted by Crippen LogP contribution is 2.20. The number of benzene rings is 1. The molecule has 1 aromatic carbocycles. The number of hydrogen-bond acceptors (Lipinski definition) is 5. The van der Waals surface area contributed by atoms with Crippen LogP contribution in [0, 0.1) is 0 Å². The molecular formula is C16H21N5. The minimum atomic E-state index is 0.416. The summed E-state index contributed by atoms with van der Waals surface area (Å²) in [5.41, 5.74) is 13.4. The summed E-state index contributed by atoms with van der Waals surface area (Å²) in [6.07, 6.45) is 0. The molecule has 5 nitrogen and oxygen atoms in total. The Labute approximate surface area is 125 Å². The first-order valence-electron chi connectivity index (χ1n) is 7.25. The molecule has 0 atom stereocenters. The van der Waals surface area contributed by atoms with E-state index in [-0.39, 0.29) is 0 Å². The normalized spacial score (nSPS) is 16.1. The first-order valence-corrected chi connectivity index (χ1v) is 7.25. The Morgan fingerprint density at radius 1 is 0.905 bits per heavy atom. The van der Waals surface area contributed by atoms with Crippen LogP contribution in [0.1, 0.15) is 5.56 Å². The summed E-state index contributed by atoms with van der Waals surface area (Å²) in [5, 5.41) is 0. The van der Waals surface area contributed by atoms with Gasteiger partial charge in [0.1, 0.15) is 11.6 Å². The topological polar surface area (TPSA) is 71.4 Å². The van der Waals surface area contributed by atoms with Gasteiger partial charge in [-0.2, -0.15) is 0 Å². The van der Waals surface area contributed by atoms with Gasteiger partial charge in [0, 0.05) is 32.7 Å². The minimum Gasteiger partial charge on any atom is -0.396 e. The van der Waals surface area contributed by atoms with Crippen molar-refractivity contribution in [1.29, 1.82) is 0 Å². The summed E-state index contributed by atoms with van der Waals surface area (Å²) in [7, 11) is 0. The number of rotatable bonds is 3. The van der Waals surface area contributed by atoms with Crippen LogP contribution in [0.15, 0.2) is 42.5 Å². The highest BCUT2D eigenvalue weighted by molar-refractivity contribution is 5.62. The molecule has 0 bridgehead atoms. The predicted molar refractivity (Wildman–Crippen MR) is 87.0 cm³/mol. The molecule has 4 N–H and O–H groups in total. The van der Waals surface area contributed by atoms with Crippen LogP contribution >= 0.6 is 0 Å². The fourth-order valence-electron chi connectivity index (χ4n) is 2.63. The quantitative estimate of drug-likeness (QED) is 0.894. The van der Waals surface area contributed by atoms with Crippen molar-refractivity contribution in [1.82, 2.24) is 9.88 Å². The van der Waals surface area contributed by atoms with E-state index in [1.807, 2.05) is 12.1 Å². The molecule has 0 saturated carbocycles. The van der Waals surface area contributed by atoms with Crippen LogP contribution in [0.4, 0.5) is 17.3 Å². The molecule has 2 heterocycles. The number of aromatic nitrogens is 1. The third kappa shape index (κ3) is 3.25. The molecule has 5 heteroatoms. The second kappa shape index (κ2) is 6.01. The van der Waals surface area contributed by atoms with Crippen molar-refractivity contribution >= 4 is 17.3 Å². The van der Waals surface area contributed by atoms with Crippen molar-refractivity contribution in [2.45, 2.75) is 6.54 Å². The van der Waals surface area contributed by atoms with Gasteiger partial charge in [-0.1, -0.05) is 30.3 Å². The Balaban J connectivity index is 1.58. The summed E-state index contributed by atoms with van der Waals surface area (Å²) in [4.78, 5) is 9.09. The van der Waals surface area contributed by atoms with E-state index in [9.17, 15) is 0 Å². The monoisotopic (exact) mass is 283 g/mol. The van der Waals surface area contributed by atoms with Crippen LogP contribution in [0.5, 0.6) is 0 Å². The van der Waals surface area contributed by atoms with Gasteiger partial charge in [0.05, 0.1) is 5.69 Å². The Bertz CT molecular complexity index is 591. The van der Waals surface area contributed by atoms with Crippen molar-refractivity contribution in [2.24, 2.45) is 0 Å². The van der Waals surface area contributed by atoms with Crippen LogP contribution < -0.4 is 16.4 Å². The van der Waals surface area contributed by atoms with Gasteiger partial charge in [-0.3, -0.25) is 4.90 Å². The minimum absolute atomic E-state index is 0.416. The van der Waals surface area contributed by atoms with Crippen LogP contribution in [-0.4, -0.2) is 36.1 Å². The van der Waals surface area contributed by atoms with E-state index in [0.717, 1.165) is 38.5 Å². The molecule has 2 aromatic rings. The highest BCUT2D eigenvalue weighted by Gasteiger charge is 2.18. The molecule has 0 unspecified atom stereocenters. The van der Waals surface area contributed by atoms with Crippen molar-refractivity contribution in [3.63, 3.8) is 0 Å². The second-order valence-corrected chi connectivity index (χ2v) is 5.39. The number of nitrogen functional groups attached to an aromatic ring is 2. The van der Waals surface area contributed by atoms with E-state index in [0.29, 0.717) is 11.5 Å². The number of piperazine rings is 1. The van der Waals surface area contributed by atoms with E-state index in [4.69, 9.17) is 11.5 Å². The van der Waals surface area contributed by atoms with Gasteiger partial charge in [-0.05, 0) is 17.7 Å². The van der Waals surface area contributed by atoms with Crippen LogP contribution in [0.25, 0.3) is 0 Å². The largest absolute Gasteiger partial charge is 0.396 e. The summed E-state index contributed by atoms with van der Waals surface area (Å²) >= 11 is 0. The Morgan fingerprint density at radius 3 is 2.29 bits per heavy atom. The molecular weight excluding hydrogens is 262 g/mol. The zero-order valence-corrected chi connectivity index (χ0v) is 12.1. The number of nitrogens with zero attached hydrogens (tertiary/aromatic N) is 3. The smallest absolute Gasteiger partial charge is 0.149 e. The first-order chi connectivity index (χ1) is 10.2. The van der Waals surface area contributed by atoms with Gasteiger partial charge in [-0.15, -0.1) is 0 Å². The van der Waals surface area contributed by atoms with E-state index >= 15 is 0 Å². The van der Waals surface area contributed by atoms with E-state index in [1.165, 1.54) is 5.56 Å². The summed E-state index contributed by atoms with van der Waals surface area (Å²) in [6.45, 7) is 4.99. The molecule has 110 valence electrons. The molecule has 1 aliphatic rings. The molecule has 0 amide bonds. The maximum absolute atomic E-state index is 5.78. The zero-order valence-electron chi connectivity index (χ0n) is 12.1. The lowest BCUT2D eigenvalue weighted by Gasteiger charge is -2.35. The Hall–Kier alpha value is -2.27. The molecule has 3 rings (SSSR count). The summed E-state index contributed by atoms with van der Waals surface area (Å²) in [5.74, 6) is 1.33. The van der Waals surface area contributed by atoms with Gasteiger partial charge in [0.15, 0.2) is 0 Å². The average molecular weight is 283 g/mol. The first kappa shape index (κ1) is 13.7. The standard InChI is InChI=1S/C16H21N5/c17-14-6-7-15(19-16(14)18)21-10-8-20(9-11-21)12-13-4-2-1-3-5-13/h1-7H,8-12,17H2,(H2,18,19). The molecule has 0 radical (unpaired) electrons. The maximum atomic E-state index is 5.78. The fraction of sp³-hybridized carbons (Fsp3) is 0.312. The van der Waals surface area contributed by atoms with Crippen LogP contribution in [0.3, 0.4) is 0 Å². The molecule has 1 aliphatic heterocycles. The van der Waals surface area contributed by atoms with Gasteiger partial charge < -0.3 is 16.4 Å². The molecule has 1 fully saturated rings. The van der Waals surface area contributed by atoms with Gasteiger partial charge >= 0.3 is 0 Å². The number of nitrogens with two attached hydrogens (primary N) is 2. The van der Waals surface area contributed by atoms with Crippen molar-refractivity contribution in [2.75, 3.05) is 42.5 Å². The lowest BCUT2D eigenvalue weighted by Crippen LogP contribution is -2.46. The third-order valence-corrected chi connectivity index (χ3v) is 3.89. The molecule has 0 spiro atoms. The zero-order chi connectivity index (χ0) is 14.7. The van der Waals surface area contributed by atoms with E-state index < -0.39 is 0 Å². The van der Waals surface area contributed by atoms with Gasteiger partial charge in [-0.25, -0.2) is 4.98 Å². The second-order valence-electron chi connectivity index (χ2n) is 5.39. The molecule has 1 saturated heterocycles. The fourth-order valence-corrected chi connectivity index (χ4v) is 2.63. The lowest BCUT2D eigenvalue weighted by atomic mass is 10.2. The average Bonchev–Trinajstić information content (AvgIpc) is 2.52. The van der Waals surface area contributed by atoms with Crippen molar-refractivity contribution in [3.05, 3.63) is 48.0 Å². The molecule has 1 aromatic heterocycles. The van der Waals surface area contributed by atoms with Crippen molar-refractivity contribution in [3.8, 4) is 0 Å². The summed E-state index contributed by atoms with van der Waals surface area (Å²) < 4.78 is 0. The summed E-state index contributed by atoms with van der Waals surface area (Å²) in [6, 6.07) is 14.4. The third-order valence-electron chi connectivity index (χ3n) is 3.89. The van der Waals surface area contributed by atoms with Gasteiger partial charge in [0.25, 0.3) is 0 Å². The van der Waals surface area contributed by atoms with E-state index in [2.05, 4.69) is 45.1 Å². The lowest BCUT2D eigenvalue weighted by molar-refractivity contribution is 0.249. The Kier molecular flexibility index (Phi) is 3.92. The van der Waals surface area contributed by atoms with Gasteiger partial charge in [0.2, 0.25) is 0 Å². The van der Waals surface area contributed by atoms with E-state index in [1.54, 1.807) is 0 Å². The molecule has 21 heavy (non-hydrogen) atoms. The molecule has 0 aliphatic carbocycles. The number of pyridine rings is 1. The SMILES string of the molecule is Nc1ccc(N2CCN(Cc3ccccc3)CC2)nc1N. The predicted octanol–water partition coefficient (Wildman–Crippen LogP) is 1.57. The highest BCUT2D eigenvalue weighted by atomic mass is 15.3. The maximum Gasteiger partial charge on any atom is 0.149 e. The number of anilines is 3. The van der Waals surface area contributed by atoms with Crippen LogP contribution in [-0.2, 0) is 6.54 Å².